The van der Waals surface area contributed by atoms with E-state index in [9.17, 15) is 0 Å². The molecule has 1 N–H and O–H groups in total. The van der Waals surface area contributed by atoms with Crippen LogP contribution in [0.3, 0.4) is 0 Å². The largest absolute Gasteiger partial charge is 0.444 e. The monoisotopic (exact) mass is 237 g/mol. The Bertz CT molecular complexity index is 334. The Labute approximate surface area is 103 Å². The number of hydrogen-bond donors (Lipinski definition) is 1. The zero-order valence-corrected chi connectivity index (χ0v) is 11.1. The van der Waals surface area contributed by atoms with E-state index in [0.717, 1.165) is 49.4 Å². The number of nitrogens with one attached hydrogen (secondary N) is 1. The van der Waals surface area contributed by atoms with E-state index < -0.39 is 0 Å². The van der Waals surface area contributed by atoms with Crippen LogP contribution in [0.4, 0.5) is 0 Å². The van der Waals surface area contributed by atoms with Crippen molar-refractivity contribution in [3.63, 3.8) is 0 Å². The molecule has 1 aromatic heterocycles. The summed E-state index contributed by atoms with van der Waals surface area (Å²) in [7, 11) is 2.03. The third-order valence-corrected chi connectivity index (χ3v) is 3.63. The summed E-state index contributed by atoms with van der Waals surface area (Å²) in [5, 5.41) is 3.26. The first-order chi connectivity index (χ1) is 8.19. The van der Waals surface area contributed by atoms with Crippen molar-refractivity contribution in [1.82, 2.24) is 15.2 Å². The Kier molecular flexibility index (Phi) is 4.18. The highest BCUT2D eigenvalue weighted by atomic mass is 16.4. The molecule has 0 saturated carbocycles. The summed E-state index contributed by atoms with van der Waals surface area (Å²) >= 11 is 0. The minimum Gasteiger partial charge on any atom is -0.444 e. The van der Waals surface area contributed by atoms with Crippen LogP contribution in [-0.4, -0.2) is 36.6 Å². The van der Waals surface area contributed by atoms with Gasteiger partial charge in [-0.3, -0.25) is 4.90 Å². The number of likely N-dealkylation sites (tertiary alicyclic amines) is 1. The van der Waals surface area contributed by atoms with Crippen LogP contribution < -0.4 is 5.32 Å². The predicted molar refractivity (Wildman–Crippen MR) is 67.9 cm³/mol. The Morgan fingerprint density at radius 2 is 2.06 bits per heavy atom. The number of oxazole rings is 1. The van der Waals surface area contributed by atoms with Gasteiger partial charge < -0.3 is 9.73 Å². The molecule has 0 radical (unpaired) electrons. The molecule has 0 aromatic carbocycles. The van der Waals surface area contributed by atoms with Gasteiger partial charge in [0.2, 0.25) is 5.89 Å². The molecule has 96 valence electrons. The second-order valence-electron chi connectivity index (χ2n) is 5.03. The van der Waals surface area contributed by atoms with E-state index in [0.29, 0.717) is 0 Å². The normalized spacial score (nSPS) is 18.8. The summed E-state index contributed by atoms with van der Waals surface area (Å²) in [6.45, 7) is 8.30. The number of piperidine rings is 1. The third kappa shape index (κ3) is 3.30. The van der Waals surface area contributed by atoms with E-state index in [-0.39, 0.29) is 0 Å². The van der Waals surface area contributed by atoms with Gasteiger partial charge in [-0.2, -0.15) is 0 Å². The molecular weight excluding hydrogens is 214 g/mol. The molecule has 0 amide bonds. The highest BCUT2D eigenvalue weighted by Crippen LogP contribution is 2.19. The van der Waals surface area contributed by atoms with Crippen LogP contribution in [0, 0.1) is 19.8 Å². The van der Waals surface area contributed by atoms with Crippen molar-refractivity contribution in [1.29, 1.82) is 0 Å². The predicted octanol–water partition coefficient (Wildman–Crippen LogP) is 1.72. The van der Waals surface area contributed by atoms with Gasteiger partial charge in [0.15, 0.2) is 0 Å². The molecular formula is C13H23N3O. The van der Waals surface area contributed by atoms with E-state index in [4.69, 9.17) is 4.42 Å². The van der Waals surface area contributed by atoms with Crippen molar-refractivity contribution in [3.05, 3.63) is 17.3 Å². The van der Waals surface area contributed by atoms with Crippen LogP contribution in [0.2, 0.25) is 0 Å². The lowest BCUT2D eigenvalue weighted by Gasteiger charge is -2.30. The molecule has 0 spiro atoms. The van der Waals surface area contributed by atoms with E-state index in [1.54, 1.807) is 0 Å². The minimum atomic E-state index is 0.837. The molecule has 0 aliphatic carbocycles. The Morgan fingerprint density at radius 1 is 1.35 bits per heavy atom. The highest BCUT2D eigenvalue weighted by Gasteiger charge is 2.20. The number of aryl methyl sites for hydroxylation is 2. The topological polar surface area (TPSA) is 41.3 Å². The van der Waals surface area contributed by atoms with Gasteiger partial charge in [-0.25, -0.2) is 4.98 Å². The standard InChI is InChI=1S/C13H23N3O/c1-10-11(2)17-13(15-10)9-16-6-4-12(5-7-16)8-14-3/h12,14H,4-9H2,1-3H3. The minimum absolute atomic E-state index is 0.837. The molecule has 1 aliphatic heterocycles. The Balaban J connectivity index is 1.81. The van der Waals surface area contributed by atoms with E-state index in [1.807, 2.05) is 20.9 Å². The first-order valence-corrected chi connectivity index (χ1v) is 6.49. The van der Waals surface area contributed by atoms with Gasteiger partial charge in [-0.1, -0.05) is 0 Å². The summed E-state index contributed by atoms with van der Waals surface area (Å²) in [4.78, 5) is 6.88. The van der Waals surface area contributed by atoms with Gasteiger partial charge in [0.25, 0.3) is 0 Å². The van der Waals surface area contributed by atoms with E-state index in [2.05, 4.69) is 15.2 Å². The SMILES string of the molecule is CNCC1CCN(Cc2nc(C)c(C)o2)CC1. The summed E-state index contributed by atoms with van der Waals surface area (Å²) in [6.07, 6.45) is 2.55. The number of rotatable bonds is 4. The molecule has 17 heavy (non-hydrogen) atoms. The van der Waals surface area contributed by atoms with Gasteiger partial charge in [0.1, 0.15) is 5.76 Å². The maximum absolute atomic E-state index is 5.63. The van der Waals surface area contributed by atoms with Crippen LogP contribution in [0.1, 0.15) is 30.2 Å². The molecule has 1 aliphatic rings. The third-order valence-electron chi connectivity index (χ3n) is 3.63. The fourth-order valence-electron chi connectivity index (χ4n) is 2.44. The van der Waals surface area contributed by atoms with E-state index >= 15 is 0 Å². The van der Waals surface area contributed by atoms with Crippen LogP contribution in [0.25, 0.3) is 0 Å². The van der Waals surface area contributed by atoms with Crippen molar-refractivity contribution < 1.29 is 4.42 Å². The Hall–Kier alpha value is -0.870. The lowest BCUT2D eigenvalue weighted by Crippen LogP contribution is -2.36. The zero-order valence-electron chi connectivity index (χ0n) is 11.1. The summed E-state index contributed by atoms with van der Waals surface area (Å²) < 4.78 is 5.63. The van der Waals surface area contributed by atoms with Crippen LogP contribution in [0.15, 0.2) is 4.42 Å². The van der Waals surface area contributed by atoms with Crippen LogP contribution >= 0.6 is 0 Å². The second-order valence-corrected chi connectivity index (χ2v) is 5.03. The summed E-state index contributed by atoms with van der Waals surface area (Å²) in [6, 6.07) is 0. The lowest BCUT2D eigenvalue weighted by molar-refractivity contribution is 0.163. The van der Waals surface area contributed by atoms with Gasteiger partial charge in [0, 0.05) is 0 Å². The van der Waals surface area contributed by atoms with Crippen LogP contribution in [0.5, 0.6) is 0 Å². The molecule has 1 aromatic rings. The van der Waals surface area contributed by atoms with Crippen molar-refractivity contribution in [2.75, 3.05) is 26.7 Å². The first kappa shape index (κ1) is 12.6. The zero-order chi connectivity index (χ0) is 12.3. The summed E-state index contributed by atoms with van der Waals surface area (Å²) in [5.41, 5.74) is 1.02. The Morgan fingerprint density at radius 3 is 2.59 bits per heavy atom. The highest BCUT2D eigenvalue weighted by molar-refractivity contribution is 5.05. The van der Waals surface area contributed by atoms with Crippen molar-refractivity contribution in [2.24, 2.45) is 5.92 Å². The van der Waals surface area contributed by atoms with Gasteiger partial charge in [-0.15, -0.1) is 0 Å². The number of aromatic nitrogens is 1. The smallest absolute Gasteiger partial charge is 0.208 e. The molecule has 2 rings (SSSR count). The molecule has 0 unspecified atom stereocenters. The molecule has 1 saturated heterocycles. The quantitative estimate of drug-likeness (QED) is 0.866. The second kappa shape index (κ2) is 5.65. The maximum atomic E-state index is 5.63. The number of hydrogen-bond acceptors (Lipinski definition) is 4. The first-order valence-electron chi connectivity index (χ1n) is 6.49. The molecule has 0 atom stereocenters. The van der Waals surface area contributed by atoms with Gasteiger partial charge in [-0.05, 0) is 59.3 Å². The van der Waals surface area contributed by atoms with Gasteiger partial charge in [0.05, 0.1) is 12.2 Å². The van der Waals surface area contributed by atoms with Crippen LogP contribution in [-0.2, 0) is 6.54 Å². The fourth-order valence-corrected chi connectivity index (χ4v) is 2.44. The molecule has 4 heteroatoms. The van der Waals surface area contributed by atoms with Crippen molar-refractivity contribution in [2.45, 2.75) is 33.2 Å². The molecule has 0 bridgehead atoms. The molecule has 2 heterocycles. The van der Waals surface area contributed by atoms with Gasteiger partial charge >= 0.3 is 0 Å². The van der Waals surface area contributed by atoms with Crippen molar-refractivity contribution >= 4 is 0 Å². The molecule has 4 nitrogen and oxygen atoms in total. The van der Waals surface area contributed by atoms with E-state index in [1.165, 1.54) is 12.8 Å². The molecule has 1 fully saturated rings. The number of nitrogens with zero attached hydrogens (tertiary/aromatic N) is 2. The average Bonchev–Trinajstić information content (AvgIpc) is 2.61. The lowest BCUT2D eigenvalue weighted by atomic mass is 9.97. The summed E-state index contributed by atoms with van der Waals surface area (Å²) in [5.74, 6) is 2.65. The fraction of sp³-hybridized carbons (Fsp3) is 0.769. The average molecular weight is 237 g/mol. The van der Waals surface area contributed by atoms with Crippen molar-refractivity contribution in [3.8, 4) is 0 Å². The maximum Gasteiger partial charge on any atom is 0.208 e.